The Morgan fingerprint density at radius 1 is 0.409 bits per heavy atom. The fraction of sp³-hybridized carbons (Fsp3) is 0.100. The number of hydrogen-bond donors (Lipinski definition) is 0. The van der Waals surface area contributed by atoms with Crippen LogP contribution in [0.2, 0.25) is 0 Å². The van der Waals surface area contributed by atoms with Gasteiger partial charge in [0.2, 0.25) is 0 Å². The van der Waals surface area contributed by atoms with Gasteiger partial charge in [-0.05, 0) is 33.4 Å². The van der Waals surface area contributed by atoms with Crippen LogP contribution in [-0.4, -0.2) is 0 Å². The molecule has 0 spiro atoms. The Morgan fingerprint density at radius 3 is 0.773 bits per heavy atom. The second kappa shape index (κ2) is 3.95. The van der Waals surface area contributed by atoms with Crippen LogP contribution >= 0.6 is 23.2 Å². The highest BCUT2D eigenvalue weighted by molar-refractivity contribution is 6.35. The Kier molecular flexibility index (Phi) is 2.29. The molecule has 3 aliphatic rings. The zero-order valence-electron chi connectivity index (χ0n) is 11.7. The van der Waals surface area contributed by atoms with Gasteiger partial charge in [0, 0.05) is 0 Å². The average Bonchev–Trinajstić information content (AvgIpc) is 2.59. The lowest BCUT2D eigenvalue weighted by molar-refractivity contribution is 0.664. The predicted octanol–water partition coefficient (Wildman–Crippen LogP) is 5.37. The van der Waals surface area contributed by atoms with Crippen LogP contribution in [0.15, 0.2) is 72.8 Å². The summed E-state index contributed by atoms with van der Waals surface area (Å²) in [7, 11) is 0. The minimum Gasteiger partial charge on any atom is -0.104 e. The summed E-state index contributed by atoms with van der Waals surface area (Å²) >= 11 is 14.6. The van der Waals surface area contributed by atoms with Crippen molar-refractivity contribution in [1.82, 2.24) is 0 Å². The molecular weight excluding hydrogens is 311 g/mol. The van der Waals surface area contributed by atoms with Crippen LogP contribution in [0.1, 0.15) is 33.4 Å². The van der Waals surface area contributed by atoms with Crippen LogP contribution in [0.5, 0.6) is 0 Å². The first kappa shape index (κ1) is 12.8. The van der Waals surface area contributed by atoms with Crippen LogP contribution in [0, 0.1) is 0 Å². The van der Waals surface area contributed by atoms with Gasteiger partial charge in [0.25, 0.3) is 0 Å². The molecule has 0 N–H and O–H groups in total. The van der Waals surface area contributed by atoms with Gasteiger partial charge in [0.1, 0.15) is 9.75 Å². The first-order valence-corrected chi connectivity index (χ1v) is 8.12. The summed E-state index contributed by atoms with van der Waals surface area (Å²) in [5.74, 6) is 0. The summed E-state index contributed by atoms with van der Waals surface area (Å²) in [6.45, 7) is 0. The van der Waals surface area contributed by atoms with E-state index in [1.807, 2.05) is 36.4 Å². The molecule has 3 aromatic carbocycles. The van der Waals surface area contributed by atoms with Gasteiger partial charge in [0.15, 0.2) is 0 Å². The highest BCUT2D eigenvalue weighted by Gasteiger charge is 2.57. The van der Waals surface area contributed by atoms with Crippen LogP contribution in [0.3, 0.4) is 0 Å². The van der Waals surface area contributed by atoms with Gasteiger partial charge in [-0.1, -0.05) is 72.8 Å². The third-order valence-corrected chi connectivity index (χ3v) is 6.23. The molecule has 2 heteroatoms. The molecule has 106 valence electrons. The van der Waals surface area contributed by atoms with Crippen molar-refractivity contribution in [3.63, 3.8) is 0 Å². The summed E-state index contributed by atoms with van der Waals surface area (Å²) in [4.78, 5) is -1.30. The van der Waals surface area contributed by atoms with Crippen molar-refractivity contribution in [2.75, 3.05) is 0 Å². The molecule has 0 radical (unpaired) electrons. The Hall–Kier alpha value is -1.76. The quantitative estimate of drug-likeness (QED) is 0.488. The van der Waals surface area contributed by atoms with Crippen LogP contribution in [-0.2, 0) is 9.75 Å². The summed E-state index contributed by atoms with van der Waals surface area (Å²) < 4.78 is 0. The molecule has 0 amide bonds. The number of rotatable bonds is 0. The Balaban J connectivity index is 2.05. The molecule has 2 bridgehead atoms. The molecule has 0 atom stereocenters. The molecule has 0 heterocycles. The molecule has 3 aromatic rings. The number of halogens is 2. The van der Waals surface area contributed by atoms with Crippen molar-refractivity contribution in [2.45, 2.75) is 9.75 Å². The van der Waals surface area contributed by atoms with Gasteiger partial charge in [0.05, 0.1) is 0 Å². The molecular formula is C20H12Cl2. The second-order valence-electron chi connectivity index (χ2n) is 5.95. The van der Waals surface area contributed by atoms with Gasteiger partial charge in [-0.2, -0.15) is 0 Å². The van der Waals surface area contributed by atoms with E-state index in [4.69, 9.17) is 23.2 Å². The standard InChI is InChI=1S/C20H12Cl2/c21-19-13-7-1-2-8-14(13)20(22,17-11-5-3-9-15(17)19)18-12-6-4-10-16(18)19/h1-12H. The van der Waals surface area contributed by atoms with Crippen molar-refractivity contribution >= 4 is 23.2 Å². The van der Waals surface area contributed by atoms with E-state index >= 15 is 0 Å². The fourth-order valence-electron chi connectivity index (χ4n) is 4.12. The third-order valence-electron chi connectivity index (χ3n) is 5.01. The zero-order chi connectivity index (χ0) is 14.9. The van der Waals surface area contributed by atoms with E-state index in [-0.39, 0.29) is 0 Å². The molecule has 0 aliphatic heterocycles. The van der Waals surface area contributed by atoms with Gasteiger partial charge in [-0.15, -0.1) is 23.2 Å². The van der Waals surface area contributed by atoms with Crippen LogP contribution in [0.25, 0.3) is 0 Å². The summed E-state index contributed by atoms with van der Waals surface area (Å²) in [6.07, 6.45) is 0. The number of hydrogen-bond acceptors (Lipinski definition) is 0. The van der Waals surface area contributed by atoms with E-state index in [1.54, 1.807) is 0 Å². The molecule has 22 heavy (non-hydrogen) atoms. The third kappa shape index (κ3) is 1.20. The Morgan fingerprint density at radius 2 is 0.591 bits per heavy atom. The predicted molar refractivity (Wildman–Crippen MR) is 90.8 cm³/mol. The maximum Gasteiger partial charge on any atom is 0.120 e. The van der Waals surface area contributed by atoms with Crippen LogP contribution < -0.4 is 0 Å². The molecule has 0 fully saturated rings. The van der Waals surface area contributed by atoms with Gasteiger partial charge >= 0.3 is 0 Å². The summed E-state index contributed by atoms with van der Waals surface area (Å²) in [5, 5.41) is 0. The Labute approximate surface area is 139 Å². The van der Waals surface area contributed by atoms with Gasteiger partial charge < -0.3 is 0 Å². The zero-order valence-corrected chi connectivity index (χ0v) is 13.2. The molecule has 3 aliphatic carbocycles. The molecule has 0 nitrogen and oxygen atoms in total. The largest absolute Gasteiger partial charge is 0.120 e. The topological polar surface area (TPSA) is 0 Å². The molecule has 0 unspecified atom stereocenters. The lowest BCUT2D eigenvalue weighted by atomic mass is 9.60. The van der Waals surface area contributed by atoms with E-state index in [1.165, 1.54) is 0 Å². The fourth-order valence-corrected chi connectivity index (χ4v) is 5.11. The lowest BCUT2D eigenvalue weighted by Crippen LogP contribution is -2.45. The minimum atomic E-state index is -0.652. The van der Waals surface area contributed by atoms with Crippen molar-refractivity contribution in [1.29, 1.82) is 0 Å². The van der Waals surface area contributed by atoms with E-state index in [0.29, 0.717) is 0 Å². The van der Waals surface area contributed by atoms with Crippen molar-refractivity contribution < 1.29 is 0 Å². The highest BCUT2D eigenvalue weighted by Crippen LogP contribution is 2.64. The number of alkyl halides is 2. The molecule has 0 saturated carbocycles. The summed E-state index contributed by atoms with van der Waals surface area (Å²) in [5.41, 5.74) is 6.61. The van der Waals surface area contributed by atoms with E-state index in [9.17, 15) is 0 Å². The van der Waals surface area contributed by atoms with E-state index in [0.717, 1.165) is 33.4 Å². The normalized spacial score (nSPS) is 27.0. The smallest absolute Gasteiger partial charge is 0.104 e. The minimum absolute atomic E-state index is 0.652. The van der Waals surface area contributed by atoms with Gasteiger partial charge in [-0.3, -0.25) is 0 Å². The van der Waals surface area contributed by atoms with Crippen molar-refractivity contribution in [3.8, 4) is 0 Å². The Bertz CT molecular complexity index is 733. The molecule has 0 saturated heterocycles. The monoisotopic (exact) mass is 322 g/mol. The average molecular weight is 323 g/mol. The first-order valence-electron chi connectivity index (χ1n) is 7.36. The highest BCUT2D eigenvalue weighted by atomic mass is 35.5. The SMILES string of the molecule is ClC12c3ccccc3C(Cl)(c3ccccc31)c1ccccc12. The van der Waals surface area contributed by atoms with Crippen LogP contribution in [0.4, 0.5) is 0 Å². The lowest BCUT2D eigenvalue weighted by Gasteiger charge is -2.51. The summed E-state index contributed by atoms with van der Waals surface area (Å²) in [6, 6.07) is 24.8. The van der Waals surface area contributed by atoms with E-state index in [2.05, 4.69) is 36.4 Å². The number of benzene rings is 3. The maximum atomic E-state index is 7.29. The van der Waals surface area contributed by atoms with Gasteiger partial charge in [-0.25, -0.2) is 0 Å². The van der Waals surface area contributed by atoms with E-state index < -0.39 is 9.75 Å². The molecule has 0 aromatic heterocycles. The van der Waals surface area contributed by atoms with Crippen molar-refractivity contribution in [3.05, 3.63) is 106 Å². The van der Waals surface area contributed by atoms with Crippen molar-refractivity contribution in [2.24, 2.45) is 0 Å². The second-order valence-corrected chi connectivity index (χ2v) is 7.09. The molecule has 6 rings (SSSR count). The first-order chi connectivity index (χ1) is 10.7. The maximum absolute atomic E-state index is 7.29.